The molecule has 1 saturated heterocycles. The summed E-state index contributed by atoms with van der Waals surface area (Å²) in [5.74, 6) is 1.25. The molecule has 238 valence electrons. The Labute approximate surface area is 257 Å². The van der Waals surface area contributed by atoms with Gasteiger partial charge in [0.25, 0.3) is 0 Å². The lowest BCUT2D eigenvalue weighted by Gasteiger charge is -2.38. The second kappa shape index (κ2) is 17.6. The van der Waals surface area contributed by atoms with Crippen molar-refractivity contribution in [3.63, 3.8) is 0 Å². The molecule has 2 aliphatic heterocycles. The van der Waals surface area contributed by atoms with E-state index in [-0.39, 0.29) is 29.9 Å². The number of piperidine rings is 1. The van der Waals surface area contributed by atoms with Crippen molar-refractivity contribution in [2.24, 2.45) is 5.92 Å². The highest BCUT2D eigenvalue weighted by molar-refractivity contribution is 5.78. The average Bonchev–Trinajstić information content (AvgIpc) is 3.05. The number of nitrogens with zero attached hydrogens (tertiary/aromatic N) is 1. The highest BCUT2D eigenvalue weighted by Gasteiger charge is 2.34. The molecule has 2 heterocycles. The summed E-state index contributed by atoms with van der Waals surface area (Å²) in [4.78, 5) is 14.8. The number of amides is 1. The molecule has 43 heavy (non-hydrogen) atoms. The fraction of sp³-hybridized carbons (Fsp3) is 0.618. The minimum atomic E-state index is -0.00297. The zero-order valence-electron chi connectivity index (χ0n) is 26.4. The van der Waals surface area contributed by atoms with Crippen molar-refractivity contribution >= 4 is 11.6 Å². The normalized spacial score (nSPS) is 20.7. The summed E-state index contributed by atoms with van der Waals surface area (Å²) in [6.45, 7) is 8.33. The number of hydrogen-bond acceptors (Lipinski definition) is 8. The van der Waals surface area contributed by atoms with Crippen molar-refractivity contribution in [1.29, 1.82) is 0 Å². The fourth-order valence-corrected chi connectivity index (χ4v) is 6.12. The van der Waals surface area contributed by atoms with Gasteiger partial charge in [0.2, 0.25) is 5.91 Å². The minimum Gasteiger partial charge on any atom is -0.490 e. The lowest BCUT2D eigenvalue weighted by atomic mass is 9.81. The van der Waals surface area contributed by atoms with Gasteiger partial charge in [-0.25, -0.2) is 0 Å². The third-order valence-corrected chi connectivity index (χ3v) is 8.61. The Hall–Kier alpha value is -2.69. The van der Waals surface area contributed by atoms with Crippen molar-refractivity contribution in [2.75, 3.05) is 72.2 Å². The molecule has 0 radical (unpaired) electrons. The molecule has 0 saturated carbocycles. The summed E-state index contributed by atoms with van der Waals surface area (Å²) in [6, 6.07) is 15.4. The number of ether oxygens (including phenoxy) is 5. The first-order valence-electron chi connectivity index (χ1n) is 15.8. The zero-order chi connectivity index (χ0) is 30.4. The molecule has 2 aromatic carbocycles. The lowest BCUT2D eigenvalue weighted by molar-refractivity contribution is -0.125. The molecular weight excluding hydrogens is 546 g/mol. The van der Waals surface area contributed by atoms with Crippen LogP contribution in [0, 0.1) is 5.92 Å². The third kappa shape index (κ3) is 9.65. The van der Waals surface area contributed by atoms with E-state index in [9.17, 15) is 4.79 Å². The van der Waals surface area contributed by atoms with E-state index in [1.807, 2.05) is 0 Å². The molecule has 9 nitrogen and oxygen atoms in total. The van der Waals surface area contributed by atoms with Crippen molar-refractivity contribution in [2.45, 2.75) is 63.9 Å². The topological polar surface area (TPSA) is 90.5 Å². The predicted octanol–water partition coefficient (Wildman–Crippen LogP) is 4.28. The third-order valence-electron chi connectivity index (χ3n) is 8.61. The van der Waals surface area contributed by atoms with E-state index in [0.29, 0.717) is 33.0 Å². The Bertz CT molecular complexity index is 1110. The van der Waals surface area contributed by atoms with Crippen LogP contribution >= 0.6 is 0 Å². The molecule has 0 bridgehead atoms. The molecule has 0 aliphatic carbocycles. The van der Waals surface area contributed by atoms with E-state index in [2.05, 4.69) is 64.9 Å². The molecule has 2 aliphatic rings. The van der Waals surface area contributed by atoms with Gasteiger partial charge in [0, 0.05) is 58.8 Å². The summed E-state index contributed by atoms with van der Waals surface area (Å²) >= 11 is 0. The van der Waals surface area contributed by atoms with Crippen LogP contribution in [-0.4, -0.2) is 85.4 Å². The van der Waals surface area contributed by atoms with E-state index in [1.54, 1.807) is 21.3 Å². The van der Waals surface area contributed by atoms with Crippen LogP contribution in [-0.2, 0) is 37.0 Å². The van der Waals surface area contributed by atoms with Crippen LogP contribution in [0.5, 0.6) is 5.75 Å². The van der Waals surface area contributed by atoms with Crippen LogP contribution in [0.25, 0.3) is 0 Å². The maximum Gasteiger partial charge on any atom is 0.222 e. The van der Waals surface area contributed by atoms with Gasteiger partial charge < -0.3 is 39.2 Å². The van der Waals surface area contributed by atoms with E-state index in [4.69, 9.17) is 23.7 Å². The number of fused-ring (bicyclic) bond motifs is 1. The van der Waals surface area contributed by atoms with Gasteiger partial charge >= 0.3 is 0 Å². The molecule has 4 atom stereocenters. The van der Waals surface area contributed by atoms with Gasteiger partial charge in [-0.3, -0.25) is 4.79 Å². The number of benzene rings is 2. The average molecular weight is 598 g/mol. The van der Waals surface area contributed by atoms with Gasteiger partial charge in [-0.15, -0.1) is 0 Å². The molecule has 1 fully saturated rings. The molecule has 0 spiro atoms. The molecule has 4 rings (SSSR count). The van der Waals surface area contributed by atoms with Crippen molar-refractivity contribution < 1.29 is 28.5 Å². The van der Waals surface area contributed by atoms with Gasteiger partial charge in [0.15, 0.2) is 0 Å². The van der Waals surface area contributed by atoms with Crippen LogP contribution in [0.1, 0.15) is 55.2 Å². The van der Waals surface area contributed by atoms with E-state index in [0.717, 1.165) is 74.5 Å². The van der Waals surface area contributed by atoms with E-state index < -0.39 is 0 Å². The van der Waals surface area contributed by atoms with Crippen molar-refractivity contribution in [1.82, 2.24) is 10.6 Å². The molecule has 1 unspecified atom stereocenters. The molecular formula is C34H51N3O6. The smallest absolute Gasteiger partial charge is 0.222 e. The van der Waals surface area contributed by atoms with E-state index in [1.165, 1.54) is 5.56 Å². The zero-order valence-corrected chi connectivity index (χ0v) is 26.4. The van der Waals surface area contributed by atoms with Gasteiger partial charge in [-0.05, 0) is 54.5 Å². The molecule has 1 amide bonds. The van der Waals surface area contributed by atoms with Gasteiger partial charge in [-0.1, -0.05) is 37.3 Å². The Morgan fingerprint density at radius 1 is 1.07 bits per heavy atom. The monoisotopic (exact) mass is 597 g/mol. The van der Waals surface area contributed by atoms with Crippen LogP contribution in [0.2, 0.25) is 0 Å². The van der Waals surface area contributed by atoms with Crippen LogP contribution in [0.3, 0.4) is 0 Å². The number of anilines is 1. The Morgan fingerprint density at radius 2 is 1.86 bits per heavy atom. The first-order chi connectivity index (χ1) is 21.1. The summed E-state index contributed by atoms with van der Waals surface area (Å²) < 4.78 is 28.7. The molecule has 2 N–H and O–H groups in total. The molecule has 9 heteroatoms. The van der Waals surface area contributed by atoms with Crippen LogP contribution < -0.4 is 20.3 Å². The maximum absolute atomic E-state index is 12.5. The quantitative estimate of drug-likeness (QED) is 0.261. The largest absolute Gasteiger partial charge is 0.490 e. The Kier molecular flexibility index (Phi) is 13.6. The van der Waals surface area contributed by atoms with Crippen LogP contribution in [0.4, 0.5) is 5.69 Å². The minimum absolute atomic E-state index is 0.00297. The van der Waals surface area contributed by atoms with Crippen molar-refractivity contribution in [3.8, 4) is 5.75 Å². The number of carbonyl (C=O) groups excluding carboxylic acids is 1. The van der Waals surface area contributed by atoms with Gasteiger partial charge in [0.05, 0.1) is 44.8 Å². The van der Waals surface area contributed by atoms with Crippen molar-refractivity contribution in [3.05, 3.63) is 59.2 Å². The summed E-state index contributed by atoms with van der Waals surface area (Å²) in [7, 11) is 5.15. The second-order valence-corrected chi connectivity index (χ2v) is 11.5. The number of nitrogens with one attached hydrogen (secondary N) is 2. The second-order valence-electron chi connectivity index (χ2n) is 11.5. The first kappa shape index (κ1) is 33.2. The SMILES string of the molecule is CCC(C[C@@H]1C[C@H](c2ccc(COCCOC)cc2)[C@@H](OCc2ccc3c(c2)N(CCCOC)CCO3)CN1)C(=O)NC. The number of carbonyl (C=O) groups is 1. The van der Waals surface area contributed by atoms with E-state index >= 15 is 0 Å². The lowest BCUT2D eigenvalue weighted by Crippen LogP contribution is -2.48. The number of methoxy groups -OCH3 is 2. The fourth-order valence-electron chi connectivity index (χ4n) is 6.12. The Balaban J connectivity index is 1.45. The molecule has 0 aromatic heterocycles. The number of hydrogen-bond donors (Lipinski definition) is 2. The first-order valence-corrected chi connectivity index (χ1v) is 15.8. The highest BCUT2D eigenvalue weighted by atomic mass is 16.5. The predicted molar refractivity (Wildman–Crippen MR) is 169 cm³/mol. The van der Waals surface area contributed by atoms with Gasteiger partial charge in [-0.2, -0.15) is 0 Å². The highest BCUT2D eigenvalue weighted by Crippen LogP contribution is 2.35. The Morgan fingerprint density at radius 3 is 2.60 bits per heavy atom. The molecule has 2 aromatic rings. The van der Waals surface area contributed by atoms with Crippen LogP contribution in [0.15, 0.2) is 42.5 Å². The number of rotatable bonds is 17. The van der Waals surface area contributed by atoms with Gasteiger partial charge in [0.1, 0.15) is 12.4 Å². The summed E-state index contributed by atoms with van der Waals surface area (Å²) in [5.41, 5.74) is 4.66. The standard InChI is InChI=1S/C34H51N3O6/c1-5-27(34(38)35-2)20-29-21-30(28-10-7-25(8-11-28)23-41-18-17-40-4)33(22-36-29)43-24-26-9-12-32-31(19-26)37(14-16-42-32)13-6-15-39-3/h7-12,19,27,29-30,33,36H,5-6,13-18,20-24H2,1-4H3,(H,35,38)/t27?,29-,30-,33+/m1/s1. The summed E-state index contributed by atoms with van der Waals surface area (Å²) in [5, 5.41) is 6.54. The summed E-state index contributed by atoms with van der Waals surface area (Å²) in [6.07, 6.45) is 3.53. The maximum atomic E-state index is 12.5.